The highest BCUT2D eigenvalue weighted by Crippen LogP contribution is 2.43. The summed E-state index contributed by atoms with van der Waals surface area (Å²) in [4.78, 5) is 2.53. The molecule has 22 heavy (non-hydrogen) atoms. The van der Waals surface area contributed by atoms with Gasteiger partial charge in [0.1, 0.15) is 0 Å². The van der Waals surface area contributed by atoms with Gasteiger partial charge in [0.05, 0.1) is 18.1 Å². The van der Waals surface area contributed by atoms with Gasteiger partial charge in [0, 0.05) is 31.0 Å². The van der Waals surface area contributed by atoms with Crippen LogP contribution in [-0.4, -0.2) is 64.6 Å². The van der Waals surface area contributed by atoms with Crippen LogP contribution >= 0.6 is 0 Å². The molecule has 0 bridgehead atoms. The predicted octanol–water partition coefficient (Wildman–Crippen LogP) is 1.19. The maximum Gasteiger partial charge on any atom is 0.243 e. The lowest BCUT2D eigenvalue weighted by molar-refractivity contribution is 0.124. The van der Waals surface area contributed by atoms with Gasteiger partial charge >= 0.3 is 0 Å². The Bertz CT molecular complexity index is 659. The van der Waals surface area contributed by atoms with Gasteiger partial charge in [-0.1, -0.05) is 12.1 Å². The van der Waals surface area contributed by atoms with E-state index < -0.39 is 10.0 Å². The summed E-state index contributed by atoms with van der Waals surface area (Å²) in [7, 11) is 0.641. The number of benzene rings is 1. The van der Waals surface area contributed by atoms with Crippen LogP contribution in [0.15, 0.2) is 29.2 Å². The van der Waals surface area contributed by atoms with Crippen molar-refractivity contribution in [2.24, 2.45) is 11.3 Å². The van der Waals surface area contributed by atoms with Crippen molar-refractivity contribution in [1.29, 1.82) is 0 Å². The molecule has 122 valence electrons. The van der Waals surface area contributed by atoms with E-state index in [0.717, 1.165) is 12.1 Å². The zero-order valence-corrected chi connectivity index (χ0v) is 14.3. The number of rotatable bonds is 4. The normalized spacial score (nSPS) is 29.2. The van der Waals surface area contributed by atoms with Gasteiger partial charge < -0.3 is 9.64 Å². The number of aryl methyl sites for hydroxylation is 1. The third-order valence-electron chi connectivity index (χ3n) is 4.75. The smallest absolute Gasteiger partial charge is 0.243 e. The molecule has 0 unspecified atom stereocenters. The van der Waals surface area contributed by atoms with Crippen molar-refractivity contribution < 1.29 is 13.2 Å². The number of hydrogen-bond donors (Lipinski definition) is 0. The Morgan fingerprint density at radius 3 is 2.86 bits per heavy atom. The van der Waals surface area contributed by atoms with E-state index >= 15 is 0 Å². The average molecular weight is 324 g/mol. The summed E-state index contributed by atoms with van der Waals surface area (Å²) in [5.74, 6) is 0.287. The van der Waals surface area contributed by atoms with Gasteiger partial charge in [-0.25, -0.2) is 8.42 Å². The lowest BCUT2D eigenvalue weighted by atomic mass is 9.81. The molecule has 6 heteroatoms. The summed E-state index contributed by atoms with van der Waals surface area (Å²) >= 11 is 0. The van der Waals surface area contributed by atoms with Crippen molar-refractivity contribution in [3.05, 3.63) is 29.8 Å². The quantitative estimate of drug-likeness (QED) is 0.835. The summed E-state index contributed by atoms with van der Waals surface area (Å²) in [6.45, 7) is 5.19. The van der Waals surface area contributed by atoms with E-state index in [9.17, 15) is 8.42 Å². The summed E-state index contributed by atoms with van der Waals surface area (Å²) in [5, 5.41) is 0. The second-order valence-electron chi connectivity index (χ2n) is 6.93. The van der Waals surface area contributed by atoms with Crippen molar-refractivity contribution in [2.75, 3.05) is 46.9 Å². The summed E-state index contributed by atoms with van der Waals surface area (Å²) in [6.07, 6.45) is 0. The van der Waals surface area contributed by atoms with Crippen LogP contribution in [0.3, 0.4) is 0 Å². The molecular formula is C16H24N2O3S. The molecule has 0 aromatic heterocycles. The fourth-order valence-electron chi connectivity index (χ4n) is 3.74. The fourth-order valence-corrected chi connectivity index (χ4v) is 5.43. The van der Waals surface area contributed by atoms with Gasteiger partial charge in [0.25, 0.3) is 0 Å². The minimum Gasteiger partial charge on any atom is -0.380 e. The van der Waals surface area contributed by atoms with Crippen molar-refractivity contribution in [3.8, 4) is 0 Å². The molecule has 3 rings (SSSR count). The summed E-state index contributed by atoms with van der Waals surface area (Å²) < 4.78 is 33.1. The molecule has 0 saturated carbocycles. The molecule has 2 aliphatic rings. The molecule has 0 spiro atoms. The van der Waals surface area contributed by atoms with Crippen molar-refractivity contribution in [3.63, 3.8) is 0 Å². The second kappa shape index (κ2) is 5.60. The van der Waals surface area contributed by atoms with Crippen molar-refractivity contribution in [1.82, 2.24) is 9.21 Å². The van der Waals surface area contributed by atoms with E-state index in [0.29, 0.717) is 31.2 Å². The molecular weight excluding hydrogens is 300 g/mol. The van der Waals surface area contributed by atoms with E-state index in [2.05, 4.69) is 4.90 Å². The van der Waals surface area contributed by atoms with E-state index in [1.165, 1.54) is 0 Å². The molecule has 0 N–H and O–H groups in total. The van der Waals surface area contributed by atoms with Crippen LogP contribution in [0, 0.1) is 18.3 Å². The first-order valence-corrected chi connectivity index (χ1v) is 9.07. The Kier molecular flexibility index (Phi) is 4.05. The Morgan fingerprint density at radius 2 is 2.18 bits per heavy atom. The highest BCUT2D eigenvalue weighted by Gasteiger charge is 2.53. The number of ether oxygens (including phenoxy) is 1. The zero-order chi connectivity index (χ0) is 16.0. The topological polar surface area (TPSA) is 49.9 Å². The van der Waals surface area contributed by atoms with Crippen LogP contribution in [0.4, 0.5) is 0 Å². The number of sulfonamides is 1. The van der Waals surface area contributed by atoms with Crippen LogP contribution in [0.1, 0.15) is 5.56 Å². The number of hydrogen-bond acceptors (Lipinski definition) is 4. The van der Waals surface area contributed by atoms with Crippen LogP contribution in [0.25, 0.3) is 0 Å². The summed E-state index contributed by atoms with van der Waals surface area (Å²) in [6, 6.07) is 7.15. The third-order valence-corrected chi connectivity index (χ3v) is 6.56. The van der Waals surface area contributed by atoms with Crippen molar-refractivity contribution >= 4 is 10.0 Å². The van der Waals surface area contributed by atoms with Gasteiger partial charge in [0.2, 0.25) is 10.0 Å². The first-order chi connectivity index (χ1) is 10.3. The third kappa shape index (κ3) is 2.69. The van der Waals surface area contributed by atoms with Crippen LogP contribution in [-0.2, 0) is 14.8 Å². The van der Waals surface area contributed by atoms with E-state index in [1.54, 1.807) is 22.5 Å². The number of nitrogens with zero attached hydrogens (tertiary/aromatic N) is 2. The standard InChI is InChI=1S/C16H24N2O3S/c1-13-5-4-6-15(7-13)22(19,20)18-8-14-9-21-12-16(14,11-18)10-17(2)3/h4-7,14H,8-12H2,1-3H3/t14-,16+/m0/s1. The van der Waals surface area contributed by atoms with Crippen LogP contribution in [0.2, 0.25) is 0 Å². The molecule has 2 heterocycles. The second-order valence-corrected chi connectivity index (χ2v) is 8.86. The van der Waals surface area contributed by atoms with E-state index in [1.807, 2.05) is 27.1 Å². The predicted molar refractivity (Wildman–Crippen MR) is 85.2 cm³/mol. The van der Waals surface area contributed by atoms with E-state index in [4.69, 9.17) is 4.74 Å². The maximum absolute atomic E-state index is 12.9. The van der Waals surface area contributed by atoms with Crippen LogP contribution in [0.5, 0.6) is 0 Å². The largest absolute Gasteiger partial charge is 0.380 e. The molecule has 5 nitrogen and oxygen atoms in total. The molecule has 2 atom stereocenters. The average Bonchev–Trinajstić information content (AvgIpc) is 2.94. The molecule has 1 aromatic carbocycles. The zero-order valence-electron chi connectivity index (χ0n) is 13.4. The highest BCUT2D eigenvalue weighted by atomic mass is 32.2. The molecule has 2 aliphatic heterocycles. The van der Waals surface area contributed by atoms with Gasteiger partial charge in [-0.05, 0) is 38.7 Å². The first kappa shape index (κ1) is 15.9. The molecule has 1 aromatic rings. The van der Waals surface area contributed by atoms with Gasteiger partial charge in [-0.2, -0.15) is 4.31 Å². The minimum absolute atomic E-state index is 0.0691. The maximum atomic E-state index is 12.9. The Hall–Kier alpha value is -0.950. The fraction of sp³-hybridized carbons (Fsp3) is 0.625. The molecule has 0 amide bonds. The lowest BCUT2D eigenvalue weighted by Crippen LogP contribution is -2.41. The SMILES string of the molecule is Cc1cccc(S(=O)(=O)N2C[C@H]3COC[C@@]3(CN(C)C)C2)c1. The summed E-state index contributed by atoms with van der Waals surface area (Å²) in [5.41, 5.74) is 0.896. The molecule has 0 radical (unpaired) electrons. The first-order valence-electron chi connectivity index (χ1n) is 7.63. The van der Waals surface area contributed by atoms with Gasteiger partial charge in [0.15, 0.2) is 0 Å². The Balaban J connectivity index is 1.88. The Morgan fingerprint density at radius 1 is 1.41 bits per heavy atom. The van der Waals surface area contributed by atoms with Crippen LogP contribution < -0.4 is 0 Å². The molecule has 2 fully saturated rings. The minimum atomic E-state index is -3.42. The lowest BCUT2D eigenvalue weighted by Gasteiger charge is -2.30. The highest BCUT2D eigenvalue weighted by molar-refractivity contribution is 7.89. The monoisotopic (exact) mass is 324 g/mol. The number of fused-ring (bicyclic) bond motifs is 1. The molecule has 0 aliphatic carbocycles. The molecule has 2 saturated heterocycles. The Labute approximate surface area is 132 Å². The van der Waals surface area contributed by atoms with Gasteiger partial charge in [-0.3, -0.25) is 0 Å². The van der Waals surface area contributed by atoms with E-state index in [-0.39, 0.29) is 11.3 Å². The van der Waals surface area contributed by atoms with Crippen molar-refractivity contribution in [2.45, 2.75) is 11.8 Å². The van der Waals surface area contributed by atoms with Gasteiger partial charge in [-0.15, -0.1) is 0 Å².